The molecule has 4 nitrogen and oxygen atoms in total. The summed E-state index contributed by atoms with van der Waals surface area (Å²) in [5.74, 6) is 0.792. The summed E-state index contributed by atoms with van der Waals surface area (Å²) in [5.41, 5.74) is 1.06. The van der Waals surface area contributed by atoms with Crippen molar-refractivity contribution in [1.29, 1.82) is 0 Å². The van der Waals surface area contributed by atoms with E-state index in [1.54, 1.807) is 0 Å². The van der Waals surface area contributed by atoms with Gasteiger partial charge in [-0.05, 0) is 44.9 Å². The zero-order valence-electron chi connectivity index (χ0n) is 13.7. The van der Waals surface area contributed by atoms with Gasteiger partial charge in [-0.25, -0.2) is 0 Å². The van der Waals surface area contributed by atoms with E-state index in [4.69, 9.17) is 9.47 Å². The Morgan fingerprint density at radius 2 is 1.86 bits per heavy atom. The minimum absolute atomic E-state index is 0.217. The number of hydrogen-bond acceptors (Lipinski definition) is 4. The predicted octanol–water partition coefficient (Wildman–Crippen LogP) is 2.39. The average molecular weight is 295 g/mol. The Balaban J connectivity index is 2.22. The Labute approximate surface area is 128 Å². The van der Waals surface area contributed by atoms with Gasteiger partial charge in [0.1, 0.15) is 18.5 Å². The maximum absolute atomic E-state index is 9.91. The summed E-state index contributed by atoms with van der Waals surface area (Å²) >= 11 is 0. The van der Waals surface area contributed by atoms with Gasteiger partial charge in [0.25, 0.3) is 0 Å². The van der Waals surface area contributed by atoms with Crippen LogP contribution in [0.3, 0.4) is 0 Å². The largest absolute Gasteiger partial charge is 0.491 e. The number of benzene rings is 1. The Hall–Kier alpha value is -1.10. The number of aryl methyl sites for hydroxylation is 1. The highest BCUT2D eigenvalue weighted by molar-refractivity contribution is 5.27. The highest BCUT2D eigenvalue weighted by Crippen LogP contribution is 2.12. The maximum Gasteiger partial charge on any atom is 0.119 e. The maximum atomic E-state index is 9.91. The fourth-order valence-electron chi connectivity index (χ4n) is 2.05. The first kappa shape index (κ1) is 18.0. The van der Waals surface area contributed by atoms with Crippen molar-refractivity contribution in [2.24, 2.45) is 0 Å². The molecule has 1 rings (SSSR count). The first-order valence-electron chi connectivity index (χ1n) is 7.71. The molecule has 0 aliphatic heterocycles. The van der Waals surface area contributed by atoms with Crippen LogP contribution < -0.4 is 10.1 Å². The van der Waals surface area contributed by atoms with Crippen LogP contribution in [0, 0.1) is 0 Å². The highest BCUT2D eigenvalue weighted by Gasteiger charge is 2.17. The molecule has 4 heteroatoms. The van der Waals surface area contributed by atoms with E-state index < -0.39 is 6.10 Å². The van der Waals surface area contributed by atoms with Crippen molar-refractivity contribution in [3.8, 4) is 5.75 Å². The van der Waals surface area contributed by atoms with E-state index in [1.165, 1.54) is 5.56 Å². The van der Waals surface area contributed by atoms with Gasteiger partial charge in [0.2, 0.25) is 0 Å². The van der Waals surface area contributed by atoms with Crippen LogP contribution in [0.1, 0.15) is 33.3 Å². The number of aliphatic hydroxyl groups excluding tert-OH is 1. The standard InChI is InChI=1S/C17H29NO3/c1-5-14-7-9-16(10-8-14)20-12-15(19)11-18-13-17(3,4)21-6-2/h7-10,15,18-19H,5-6,11-13H2,1-4H3. The van der Waals surface area contributed by atoms with Gasteiger partial charge in [0.15, 0.2) is 0 Å². The van der Waals surface area contributed by atoms with Crippen molar-refractivity contribution >= 4 is 0 Å². The molecule has 0 aliphatic carbocycles. The monoisotopic (exact) mass is 295 g/mol. The topological polar surface area (TPSA) is 50.7 Å². The second-order valence-corrected chi connectivity index (χ2v) is 5.79. The first-order valence-corrected chi connectivity index (χ1v) is 7.71. The van der Waals surface area contributed by atoms with Crippen molar-refractivity contribution in [3.63, 3.8) is 0 Å². The summed E-state index contributed by atoms with van der Waals surface area (Å²) in [6.07, 6.45) is 0.482. The smallest absolute Gasteiger partial charge is 0.119 e. The van der Waals surface area contributed by atoms with E-state index in [2.05, 4.69) is 12.2 Å². The molecule has 0 radical (unpaired) electrons. The van der Waals surface area contributed by atoms with Gasteiger partial charge in [-0.15, -0.1) is 0 Å². The van der Waals surface area contributed by atoms with Gasteiger partial charge < -0.3 is 19.9 Å². The van der Waals surface area contributed by atoms with Crippen molar-refractivity contribution < 1.29 is 14.6 Å². The fourth-order valence-corrected chi connectivity index (χ4v) is 2.05. The van der Waals surface area contributed by atoms with Gasteiger partial charge in [-0.2, -0.15) is 0 Å². The molecule has 1 atom stereocenters. The van der Waals surface area contributed by atoms with E-state index in [-0.39, 0.29) is 12.2 Å². The van der Waals surface area contributed by atoms with Gasteiger partial charge in [-0.3, -0.25) is 0 Å². The van der Waals surface area contributed by atoms with Crippen molar-refractivity contribution in [3.05, 3.63) is 29.8 Å². The molecule has 0 fully saturated rings. The summed E-state index contributed by atoms with van der Waals surface area (Å²) in [7, 11) is 0. The van der Waals surface area contributed by atoms with Crippen LogP contribution in [-0.4, -0.2) is 43.1 Å². The molecule has 0 heterocycles. The Bertz CT molecular complexity index is 390. The lowest BCUT2D eigenvalue weighted by molar-refractivity contribution is -0.0112. The second kappa shape index (κ2) is 9.03. The molecule has 0 spiro atoms. The average Bonchev–Trinajstić information content (AvgIpc) is 2.45. The van der Waals surface area contributed by atoms with Crippen LogP contribution in [0.5, 0.6) is 5.75 Å². The van der Waals surface area contributed by atoms with Gasteiger partial charge in [0.05, 0.1) is 5.60 Å². The molecular weight excluding hydrogens is 266 g/mol. The van der Waals surface area contributed by atoms with E-state index in [0.29, 0.717) is 19.7 Å². The lowest BCUT2D eigenvalue weighted by atomic mass is 10.1. The molecular formula is C17H29NO3. The number of ether oxygens (including phenoxy) is 2. The molecule has 1 aromatic rings. The molecule has 0 saturated carbocycles. The van der Waals surface area contributed by atoms with Crippen LogP contribution in [0.2, 0.25) is 0 Å². The van der Waals surface area contributed by atoms with E-state index in [1.807, 2.05) is 45.0 Å². The summed E-state index contributed by atoms with van der Waals surface area (Å²) in [6.45, 7) is 10.3. The number of rotatable bonds is 10. The SMILES string of the molecule is CCOC(C)(C)CNCC(O)COc1ccc(CC)cc1. The molecule has 0 aliphatic rings. The molecule has 0 aromatic heterocycles. The fraction of sp³-hybridized carbons (Fsp3) is 0.647. The highest BCUT2D eigenvalue weighted by atomic mass is 16.5. The summed E-state index contributed by atoms with van der Waals surface area (Å²) < 4.78 is 11.2. The minimum atomic E-state index is -0.534. The Morgan fingerprint density at radius 3 is 2.43 bits per heavy atom. The van der Waals surface area contributed by atoms with Crippen LogP contribution >= 0.6 is 0 Å². The van der Waals surface area contributed by atoms with Crippen molar-refractivity contribution in [2.75, 3.05) is 26.3 Å². The molecule has 1 unspecified atom stereocenters. The van der Waals surface area contributed by atoms with Crippen molar-refractivity contribution in [2.45, 2.75) is 45.8 Å². The van der Waals surface area contributed by atoms with Crippen LogP contribution in [0.15, 0.2) is 24.3 Å². The summed E-state index contributed by atoms with van der Waals surface area (Å²) in [6, 6.07) is 7.98. The third-order valence-electron chi connectivity index (χ3n) is 3.24. The summed E-state index contributed by atoms with van der Waals surface area (Å²) in [5, 5.41) is 13.1. The summed E-state index contributed by atoms with van der Waals surface area (Å²) in [4.78, 5) is 0. The number of aliphatic hydroxyl groups is 1. The second-order valence-electron chi connectivity index (χ2n) is 5.79. The van der Waals surface area contributed by atoms with E-state index in [0.717, 1.165) is 12.2 Å². The molecule has 21 heavy (non-hydrogen) atoms. The third-order valence-corrected chi connectivity index (χ3v) is 3.24. The molecule has 120 valence electrons. The lowest BCUT2D eigenvalue weighted by Crippen LogP contribution is -2.41. The predicted molar refractivity (Wildman–Crippen MR) is 85.9 cm³/mol. The quantitative estimate of drug-likeness (QED) is 0.696. The number of nitrogens with one attached hydrogen (secondary N) is 1. The normalized spacial score (nSPS) is 13.2. The molecule has 1 aromatic carbocycles. The van der Waals surface area contributed by atoms with Crippen LogP contribution in [0.25, 0.3) is 0 Å². The number of hydrogen-bond donors (Lipinski definition) is 2. The molecule has 0 saturated heterocycles. The Kier molecular flexibility index (Phi) is 7.72. The van der Waals surface area contributed by atoms with Gasteiger partial charge in [0, 0.05) is 19.7 Å². The minimum Gasteiger partial charge on any atom is -0.491 e. The zero-order valence-corrected chi connectivity index (χ0v) is 13.7. The van der Waals surface area contributed by atoms with Gasteiger partial charge in [-0.1, -0.05) is 19.1 Å². The molecule has 0 bridgehead atoms. The molecule has 0 amide bonds. The van der Waals surface area contributed by atoms with E-state index >= 15 is 0 Å². The van der Waals surface area contributed by atoms with E-state index in [9.17, 15) is 5.11 Å². The first-order chi connectivity index (χ1) is 9.96. The Morgan fingerprint density at radius 1 is 1.19 bits per heavy atom. The van der Waals surface area contributed by atoms with Gasteiger partial charge >= 0.3 is 0 Å². The van der Waals surface area contributed by atoms with Crippen LogP contribution in [-0.2, 0) is 11.2 Å². The zero-order chi connectivity index (χ0) is 15.7. The van der Waals surface area contributed by atoms with Crippen LogP contribution in [0.4, 0.5) is 0 Å². The molecule has 2 N–H and O–H groups in total. The van der Waals surface area contributed by atoms with Crippen molar-refractivity contribution in [1.82, 2.24) is 5.32 Å². The lowest BCUT2D eigenvalue weighted by Gasteiger charge is -2.25. The third kappa shape index (κ3) is 7.46.